The number of benzene rings is 1. The number of anilines is 1. The normalized spacial score (nSPS) is 16.1. The molecule has 1 aliphatic heterocycles. The van der Waals surface area contributed by atoms with E-state index in [-0.39, 0.29) is 5.91 Å². The van der Waals surface area contributed by atoms with Crippen LogP contribution in [0.5, 0.6) is 0 Å². The van der Waals surface area contributed by atoms with Gasteiger partial charge in [0.25, 0.3) is 5.91 Å². The van der Waals surface area contributed by atoms with E-state index in [0.717, 1.165) is 17.3 Å². The number of aromatic nitrogens is 1. The van der Waals surface area contributed by atoms with E-state index in [1.807, 2.05) is 24.3 Å². The lowest BCUT2D eigenvalue weighted by Crippen LogP contribution is -2.33. The number of fused-ring (bicyclic) bond motifs is 1. The van der Waals surface area contributed by atoms with Gasteiger partial charge in [-0.25, -0.2) is 4.98 Å². The maximum Gasteiger partial charge on any atom is 0.272 e. The molecule has 0 saturated carbocycles. The van der Waals surface area contributed by atoms with E-state index >= 15 is 0 Å². The van der Waals surface area contributed by atoms with Crippen LogP contribution in [0.1, 0.15) is 16.9 Å². The van der Waals surface area contributed by atoms with Crippen LogP contribution in [0.4, 0.5) is 5.69 Å². The average molecular weight is 271 g/mol. The van der Waals surface area contributed by atoms with Crippen LogP contribution in [0, 0.1) is 0 Å². The molecule has 0 aliphatic carbocycles. The van der Waals surface area contributed by atoms with E-state index in [1.54, 1.807) is 11.0 Å². The van der Waals surface area contributed by atoms with E-state index in [9.17, 15) is 4.79 Å². The molecule has 2 aromatic rings. The summed E-state index contributed by atoms with van der Waals surface area (Å²) in [7, 11) is 0. The van der Waals surface area contributed by atoms with Crippen molar-refractivity contribution in [1.82, 2.24) is 9.88 Å². The van der Waals surface area contributed by atoms with Gasteiger partial charge in [-0.2, -0.15) is 0 Å². The molecule has 1 aromatic carbocycles. The first kappa shape index (κ1) is 12.9. The van der Waals surface area contributed by atoms with Crippen molar-refractivity contribution in [2.24, 2.45) is 0 Å². The Labute approximate surface area is 117 Å². The van der Waals surface area contributed by atoms with Gasteiger partial charge in [-0.05, 0) is 18.6 Å². The second-order valence-electron chi connectivity index (χ2n) is 4.87. The first-order valence-corrected chi connectivity index (χ1v) is 6.78. The van der Waals surface area contributed by atoms with E-state index < -0.39 is 0 Å². The minimum absolute atomic E-state index is 0.0760. The maximum atomic E-state index is 12.5. The van der Waals surface area contributed by atoms with Crippen LogP contribution in [0.3, 0.4) is 0 Å². The molecule has 0 spiro atoms. The molecule has 20 heavy (non-hydrogen) atoms. The lowest BCUT2D eigenvalue weighted by Gasteiger charge is -2.19. The molecule has 0 radical (unpaired) electrons. The van der Waals surface area contributed by atoms with Gasteiger partial charge in [0.2, 0.25) is 0 Å². The highest BCUT2D eigenvalue weighted by molar-refractivity contribution is 5.99. The number of nitrogens with zero attached hydrogens (tertiary/aromatic N) is 2. The Bertz CT molecular complexity index is 634. The van der Waals surface area contributed by atoms with Gasteiger partial charge in [0, 0.05) is 30.8 Å². The summed E-state index contributed by atoms with van der Waals surface area (Å²) in [6.45, 7) is 2.59. The zero-order valence-corrected chi connectivity index (χ0v) is 11.2. The summed E-state index contributed by atoms with van der Waals surface area (Å²) < 4.78 is 5.37. The molecular weight excluding hydrogens is 254 g/mol. The van der Waals surface area contributed by atoms with Gasteiger partial charge in [0.1, 0.15) is 5.69 Å². The highest BCUT2D eigenvalue weighted by atomic mass is 16.5. The first-order chi connectivity index (χ1) is 9.75. The molecule has 1 aliphatic rings. The number of ether oxygens (including phenoxy) is 1. The van der Waals surface area contributed by atoms with Crippen molar-refractivity contribution >= 4 is 22.5 Å². The number of hydrogen-bond donors (Lipinski definition) is 1. The second kappa shape index (κ2) is 5.46. The molecule has 1 aromatic heterocycles. The summed E-state index contributed by atoms with van der Waals surface area (Å²) in [4.78, 5) is 18.7. The summed E-state index contributed by atoms with van der Waals surface area (Å²) in [5, 5.41) is 0.878. The molecule has 5 heteroatoms. The van der Waals surface area contributed by atoms with Crippen LogP contribution in [-0.4, -0.2) is 42.1 Å². The molecule has 1 amide bonds. The Morgan fingerprint density at radius 1 is 1.25 bits per heavy atom. The summed E-state index contributed by atoms with van der Waals surface area (Å²) in [6.07, 6.45) is 0.856. The number of rotatable bonds is 1. The largest absolute Gasteiger partial charge is 0.398 e. The van der Waals surface area contributed by atoms with Gasteiger partial charge in [0.15, 0.2) is 0 Å². The molecule has 104 valence electrons. The van der Waals surface area contributed by atoms with Crippen molar-refractivity contribution in [3.05, 3.63) is 36.0 Å². The van der Waals surface area contributed by atoms with E-state index in [1.165, 1.54) is 0 Å². The van der Waals surface area contributed by atoms with E-state index in [0.29, 0.717) is 37.7 Å². The number of amides is 1. The van der Waals surface area contributed by atoms with Crippen molar-refractivity contribution in [2.75, 3.05) is 32.0 Å². The van der Waals surface area contributed by atoms with Gasteiger partial charge < -0.3 is 15.4 Å². The van der Waals surface area contributed by atoms with Gasteiger partial charge in [-0.3, -0.25) is 4.79 Å². The molecule has 0 unspecified atom stereocenters. The van der Waals surface area contributed by atoms with Crippen molar-refractivity contribution in [1.29, 1.82) is 0 Å². The van der Waals surface area contributed by atoms with Crippen molar-refractivity contribution in [2.45, 2.75) is 6.42 Å². The predicted octanol–water partition coefficient (Wildman–Crippen LogP) is 1.68. The van der Waals surface area contributed by atoms with Gasteiger partial charge in [0.05, 0.1) is 12.1 Å². The molecule has 0 bridgehead atoms. The molecule has 5 nitrogen and oxygen atoms in total. The molecule has 2 N–H and O–H groups in total. The lowest BCUT2D eigenvalue weighted by atomic mass is 10.1. The van der Waals surface area contributed by atoms with Crippen LogP contribution in [0.15, 0.2) is 30.3 Å². The predicted molar refractivity (Wildman–Crippen MR) is 77.5 cm³/mol. The first-order valence-electron chi connectivity index (χ1n) is 6.78. The summed E-state index contributed by atoms with van der Waals surface area (Å²) >= 11 is 0. The number of carbonyl (C=O) groups excluding carboxylic acids is 1. The monoisotopic (exact) mass is 271 g/mol. The lowest BCUT2D eigenvalue weighted by molar-refractivity contribution is 0.0736. The fraction of sp³-hybridized carbons (Fsp3) is 0.333. The van der Waals surface area contributed by atoms with E-state index in [2.05, 4.69) is 4.98 Å². The van der Waals surface area contributed by atoms with Crippen molar-refractivity contribution in [3.8, 4) is 0 Å². The zero-order valence-electron chi connectivity index (χ0n) is 11.2. The topological polar surface area (TPSA) is 68.5 Å². The molecule has 0 atom stereocenters. The highest BCUT2D eigenvalue weighted by Gasteiger charge is 2.19. The number of hydrogen-bond acceptors (Lipinski definition) is 4. The number of nitrogens with two attached hydrogens (primary N) is 1. The molecule has 1 fully saturated rings. The smallest absolute Gasteiger partial charge is 0.272 e. The number of carbonyl (C=O) groups is 1. The quantitative estimate of drug-likeness (QED) is 0.856. The minimum atomic E-state index is -0.0760. The summed E-state index contributed by atoms with van der Waals surface area (Å²) in [5.74, 6) is -0.0760. The molecule has 3 rings (SSSR count). The van der Waals surface area contributed by atoms with Gasteiger partial charge in [-0.1, -0.05) is 18.2 Å². The minimum Gasteiger partial charge on any atom is -0.398 e. The van der Waals surface area contributed by atoms with Crippen LogP contribution in [0.25, 0.3) is 10.9 Å². The standard InChI is InChI=1S/C15H17N3O2/c16-12-10-14(17-13-5-2-1-4-11(12)13)15(19)18-6-3-8-20-9-7-18/h1-2,4-5,10H,3,6-9H2,(H2,16,17). The molecule has 1 saturated heterocycles. The second-order valence-corrected chi connectivity index (χ2v) is 4.87. The highest BCUT2D eigenvalue weighted by Crippen LogP contribution is 2.21. The third-order valence-corrected chi connectivity index (χ3v) is 3.48. The number of pyridine rings is 1. The van der Waals surface area contributed by atoms with Crippen LogP contribution < -0.4 is 5.73 Å². The maximum absolute atomic E-state index is 12.5. The summed E-state index contributed by atoms with van der Waals surface area (Å²) in [6, 6.07) is 9.24. The van der Waals surface area contributed by atoms with Gasteiger partial charge >= 0.3 is 0 Å². The van der Waals surface area contributed by atoms with Crippen LogP contribution in [-0.2, 0) is 4.74 Å². The number of nitrogen functional groups attached to an aromatic ring is 1. The Kier molecular flexibility index (Phi) is 3.52. The Morgan fingerprint density at radius 3 is 3.00 bits per heavy atom. The Hall–Kier alpha value is -2.14. The van der Waals surface area contributed by atoms with Crippen molar-refractivity contribution in [3.63, 3.8) is 0 Å². The molecular formula is C15H17N3O2. The third-order valence-electron chi connectivity index (χ3n) is 3.48. The fourth-order valence-corrected chi connectivity index (χ4v) is 2.42. The average Bonchev–Trinajstić information content (AvgIpc) is 2.75. The van der Waals surface area contributed by atoms with Gasteiger partial charge in [-0.15, -0.1) is 0 Å². The zero-order chi connectivity index (χ0) is 13.9. The van der Waals surface area contributed by atoms with E-state index in [4.69, 9.17) is 10.5 Å². The summed E-state index contributed by atoms with van der Waals surface area (Å²) in [5.41, 5.74) is 7.77. The Morgan fingerprint density at radius 2 is 2.10 bits per heavy atom. The fourth-order valence-electron chi connectivity index (χ4n) is 2.42. The number of para-hydroxylation sites is 1. The van der Waals surface area contributed by atoms with Crippen molar-refractivity contribution < 1.29 is 9.53 Å². The van der Waals surface area contributed by atoms with Crippen LogP contribution in [0.2, 0.25) is 0 Å². The van der Waals surface area contributed by atoms with Crippen LogP contribution >= 0.6 is 0 Å². The SMILES string of the molecule is Nc1cc(C(=O)N2CCCOCC2)nc2ccccc12. The third kappa shape index (κ3) is 2.44. The Balaban J connectivity index is 1.94. The molecule has 2 heterocycles.